The van der Waals surface area contributed by atoms with Crippen molar-refractivity contribution in [3.05, 3.63) is 0 Å². The summed E-state index contributed by atoms with van der Waals surface area (Å²) in [7, 11) is 0. The third-order valence-corrected chi connectivity index (χ3v) is 6.25. The maximum Gasteiger partial charge on any atom is 0.188 e. The second-order valence-corrected chi connectivity index (χ2v) is 7.83. The molecule has 1 rings (SSSR count). The van der Waals surface area contributed by atoms with Crippen LogP contribution in [-0.2, 0) is 9.59 Å². The van der Waals surface area contributed by atoms with Crippen molar-refractivity contribution in [2.24, 2.45) is 11.8 Å². The fraction of sp³-hybridized carbons (Fsp3) is 0.875. The molecule has 0 radical (unpaired) electrons. The van der Waals surface area contributed by atoms with Crippen LogP contribution in [0.25, 0.3) is 0 Å². The lowest BCUT2D eigenvalue weighted by atomic mass is 9.76. The molecule has 0 spiro atoms. The Morgan fingerprint density at radius 3 is 1.60 bits per heavy atom. The largest absolute Gasteiger partial charge is 0.287 e. The third-order valence-electron chi connectivity index (χ3n) is 4.15. The summed E-state index contributed by atoms with van der Waals surface area (Å²) < 4.78 is 0. The van der Waals surface area contributed by atoms with E-state index in [2.05, 4.69) is 0 Å². The molecule has 2 nitrogen and oxygen atoms in total. The molecule has 0 aromatic carbocycles. The summed E-state index contributed by atoms with van der Waals surface area (Å²) in [6.07, 6.45) is 8.96. The zero-order valence-electron chi connectivity index (χ0n) is 12.9. The number of rotatable bonds is 8. The Kier molecular flexibility index (Phi) is 9.70. The van der Waals surface area contributed by atoms with Crippen LogP contribution < -0.4 is 0 Å². The second kappa shape index (κ2) is 10.7. The van der Waals surface area contributed by atoms with Crippen LogP contribution in [0.3, 0.4) is 0 Å². The van der Waals surface area contributed by atoms with E-state index in [-0.39, 0.29) is 0 Å². The molecule has 0 aromatic rings. The Hall–Kier alpha value is 0.0400. The average molecular weight is 317 g/mol. The molecule has 0 N–H and O–H groups in total. The molecule has 0 heterocycles. The summed E-state index contributed by atoms with van der Waals surface area (Å²) >= 11 is 3.01. The quantitative estimate of drug-likeness (QED) is 0.637. The highest BCUT2D eigenvalue weighted by molar-refractivity contribution is 8.13. The van der Waals surface area contributed by atoms with Gasteiger partial charge in [-0.25, -0.2) is 0 Å². The maximum absolute atomic E-state index is 11.3. The molecule has 4 heteroatoms. The van der Waals surface area contributed by atoms with Crippen molar-refractivity contribution in [1.82, 2.24) is 0 Å². The van der Waals surface area contributed by atoms with E-state index in [9.17, 15) is 9.59 Å². The summed E-state index contributed by atoms with van der Waals surface area (Å²) in [4.78, 5) is 22.7. The molecule has 0 aliphatic heterocycles. The fourth-order valence-electron chi connectivity index (χ4n) is 2.90. The van der Waals surface area contributed by atoms with E-state index in [4.69, 9.17) is 0 Å². The van der Waals surface area contributed by atoms with Gasteiger partial charge in [-0.2, -0.15) is 0 Å². The first-order chi connectivity index (χ1) is 9.67. The van der Waals surface area contributed by atoms with Gasteiger partial charge in [0.1, 0.15) is 0 Å². The molecule has 0 saturated heterocycles. The van der Waals surface area contributed by atoms with Crippen molar-refractivity contribution in [2.45, 2.75) is 65.2 Å². The summed E-state index contributed by atoms with van der Waals surface area (Å²) in [5.74, 6) is 3.51. The molecule has 116 valence electrons. The summed E-state index contributed by atoms with van der Waals surface area (Å²) in [5.41, 5.74) is 0. The van der Waals surface area contributed by atoms with Crippen molar-refractivity contribution in [2.75, 3.05) is 11.5 Å². The maximum atomic E-state index is 11.3. The van der Waals surface area contributed by atoms with Crippen LogP contribution in [0.5, 0.6) is 0 Å². The Morgan fingerprint density at radius 2 is 1.25 bits per heavy atom. The molecule has 0 bridgehead atoms. The van der Waals surface area contributed by atoms with Gasteiger partial charge in [-0.05, 0) is 24.7 Å². The van der Waals surface area contributed by atoms with Crippen molar-refractivity contribution in [1.29, 1.82) is 0 Å². The first-order valence-corrected chi connectivity index (χ1v) is 9.95. The predicted octanol–water partition coefficient (Wildman–Crippen LogP) is 4.91. The molecule has 1 fully saturated rings. The average Bonchev–Trinajstić information content (AvgIpc) is 2.48. The first kappa shape index (κ1) is 18.1. The molecule has 0 amide bonds. The van der Waals surface area contributed by atoms with Gasteiger partial charge >= 0.3 is 0 Å². The van der Waals surface area contributed by atoms with E-state index in [0.29, 0.717) is 23.1 Å². The highest BCUT2D eigenvalue weighted by Crippen LogP contribution is 2.36. The molecule has 1 aliphatic rings. The van der Waals surface area contributed by atoms with E-state index in [0.717, 1.165) is 23.3 Å². The van der Waals surface area contributed by atoms with Gasteiger partial charge in [-0.1, -0.05) is 63.1 Å². The minimum absolute atomic E-state index is 0.321. The summed E-state index contributed by atoms with van der Waals surface area (Å²) in [5, 5.41) is 0.642. The van der Waals surface area contributed by atoms with E-state index >= 15 is 0 Å². The first-order valence-electron chi connectivity index (χ1n) is 7.98. The minimum Gasteiger partial charge on any atom is -0.287 e. The van der Waals surface area contributed by atoms with E-state index in [1.165, 1.54) is 62.0 Å². The number of carbonyl (C=O) groups is 2. The van der Waals surface area contributed by atoms with Crippen LogP contribution in [0.1, 0.15) is 65.2 Å². The molecule has 1 aliphatic carbocycles. The van der Waals surface area contributed by atoms with Gasteiger partial charge in [-0.3, -0.25) is 9.59 Å². The highest BCUT2D eigenvalue weighted by atomic mass is 32.2. The minimum atomic E-state index is 0.321. The lowest BCUT2D eigenvalue weighted by molar-refractivity contribution is -0.111. The van der Waals surface area contributed by atoms with Gasteiger partial charge in [0, 0.05) is 24.3 Å². The SMILES string of the molecule is CCC(=O)SCCC1CCCCC1CCSC(=O)CC. The molecular weight excluding hydrogens is 288 g/mol. The lowest BCUT2D eigenvalue weighted by Crippen LogP contribution is -2.21. The standard InChI is InChI=1S/C16H28O2S2/c1-3-15(17)19-11-9-13-7-5-6-8-14(13)10-12-20-16(18)4-2/h13-14H,3-12H2,1-2H3. The van der Waals surface area contributed by atoms with Gasteiger partial charge in [-0.15, -0.1) is 0 Å². The summed E-state index contributed by atoms with van der Waals surface area (Å²) in [6.45, 7) is 3.86. The van der Waals surface area contributed by atoms with E-state index < -0.39 is 0 Å². The second-order valence-electron chi connectivity index (χ2n) is 5.53. The van der Waals surface area contributed by atoms with Crippen LogP contribution in [0.2, 0.25) is 0 Å². The molecule has 2 atom stereocenters. The highest BCUT2D eigenvalue weighted by Gasteiger charge is 2.24. The number of hydrogen-bond donors (Lipinski definition) is 0. The van der Waals surface area contributed by atoms with E-state index in [1.807, 2.05) is 13.8 Å². The predicted molar refractivity (Wildman–Crippen MR) is 90.2 cm³/mol. The topological polar surface area (TPSA) is 34.1 Å². The summed E-state index contributed by atoms with van der Waals surface area (Å²) in [6, 6.07) is 0. The zero-order valence-corrected chi connectivity index (χ0v) is 14.5. The van der Waals surface area contributed by atoms with Crippen LogP contribution in [0.15, 0.2) is 0 Å². The molecule has 0 aromatic heterocycles. The number of hydrogen-bond acceptors (Lipinski definition) is 4. The van der Waals surface area contributed by atoms with Crippen molar-refractivity contribution in [3.63, 3.8) is 0 Å². The molecule has 2 unspecified atom stereocenters. The van der Waals surface area contributed by atoms with Crippen molar-refractivity contribution in [3.8, 4) is 0 Å². The van der Waals surface area contributed by atoms with Gasteiger partial charge in [0.15, 0.2) is 10.2 Å². The van der Waals surface area contributed by atoms with Crippen LogP contribution in [0.4, 0.5) is 0 Å². The van der Waals surface area contributed by atoms with Crippen LogP contribution in [0, 0.1) is 11.8 Å². The van der Waals surface area contributed by atoms with Crippen molar-refractivity contribution >= 4 is 33.8 Å². The Labute approximate surface area is 132 Å². The normalized spacial score (nSPS) is 22.7. The van der Waals surface area contributed by atoms with Crippen LogP contribution in [-0.4, -0.2) is 21.7 Å². The van der Waals surface area contributed by atoms with Gasteiger partial charge < -0.3 is 0 Å². The Morgan fingerprint density at radius 1 is 0.850 bits per heavy atom. The van der Waals surface area contributed by atoms with Crippen molar-refractivity contribution < 1.29 is 9.59 Å². The monoisotopic (exact) mass is 316 g/mol. The zero-order chi connectivity index (χ0) is 14.8. The molecule has 1 saturated carbocycles. The van der Waals surface area contributed by atoms with Gasteiger partial charge in [0.05, 0.1) is 0 Å². The number of thioether (sulfide) groups is 2. The van der Waals surface area contributed by atoms with Crippen LogP contribution >= 0.6 is 23.5 Å². The molecular formula is C16H28O2S2. The Bertz CT molecular complexity index is 275. The fourth-order valence-corrected chi connectivity index (χ4v) is 4.60. The third kappa shape index (κ3) is 7.16. The lowest BCUT2D eigenvalue weighted by Gasteiger charge is -2.31. The van der Waals surface area contributed by atoms with E-state index in [1.54, 1.807) is 0 Å². The number of carbonyl (C=O) groups excluding carboxylic acids is 2. The molecule has 20 heavy (non-hydrogen) atoms. The van der Waals surface area contributed by atoms with Gasteiger partial charge in [0.25, 0.3) is 0 Å². The Balaban J connectivity index is 2.26. The van der Waals surface area contributed by atoms with Gasteiger partial charge in [0.2, 0.25) is 0 Å². The smallest absolute Gasteiger partial charge is 0.188 e.